The molecule has 33 heavy (non-hydrogen) atoms. The molecule has 13 heteroatoms. The molecule has 1 fully saturated rings. The van der Waals surface area contributed by atoms with Crippen LogP contribution in [0.3, 0.4) is 0 Å². The van der Waals surface area contributed by atoms with E-state index >= 15 is 0 Å². The Hall–Kier alpha value is -2.51. The van der Waals surface area contributed by atoms with Gasteiger partial charge >= 0.3 is 6.03 Å². The Bertz CT molecular complexity index is 1050. The summed E-state index contributed by atoms with van der Waals surface area (Å²) in [6, 6.07) is 8.30. The fourth-order valence-electron chi connectivity index (χ4n) is 3.02. The summed E-state index contributed by atoms with van der Waals surface area (Å²) in [7, 11) is 0. The third-order valence-corrected chi connectivity index (χ3v) is 6.70. The monoisotopic (exact) mass is 506 g/mol. The van der Waals surface area contributed by atoms with Crippen molar-refractivity contribution in [1.29, 1.82) is 0 Å². The Labute approximate surface area is 204 Å². The lowest BCUT2D eigenvalue weighted by Crippen LogP contribution is -2.37. The van der Waals surface area contributed by atoms with E-state index in [9.17, 15) is 4.79 Å². The topological polar surface area (TPSA) is 117 Å². The molecular weight excluding hydrogens is 484 g/mol. The van der Waals surface area contributed by atoms with Crippen molar-refractivity contribution in [1.82, 2.24) is 25.1 Å². The lowest BCUT2D eigenvalue weighted by molar-refractivity contribution is 0.0378. The SMILES string of the molecule is O=C(Nc1ccc(Cl)cc1)Nc1nnc(Sc2cc(NCCCN3CCOCC3)ncn2)s1. The maximum Gasteiger partial charge on any atom is 0.325 e. The van der Waals surface area contributed by atoms with Crippen molar-refractivity contribution in [3.05, 3.63) is 41.7 Å². The molecule has 1 aliphatic rings. The maximum absolute atomic E-state index is 12.1. The predicted molar refractivity (Wildman–Crippen MR) is 131 cm³/mol. The summed E-state index contributed by atoms with van der Waals surface area (Å²) >= 11 is 8.48. The highest BCUT2D eigenvalue weighted by Gasteiger charge is 2.12. The minimum atomic E-state index is -0.407. The molecule has 3 heterocycles. The van der Waals surface area contributed by atoms with Crippen LogP contribution in [0, 0.1) is 0 Å². The van der Waals surface area contributed by atoms with Crippen LogP contribution in [-0.4, -0.2) is 70.5 Å². The minimum Gasteiger partial charge on any atom is -0.379 e. The zero-order valence-corrected chi connectivity index (χ0v) is 20.0. The second-order valence-corrected chi connectivity index (χ2v) is 9.72. The van der Waals surface area contributed by atoms with E-state index in [4.69, 9.17) is 16.3 Å². The number of rotatable bonds is 9. The Morgan fingerprint density at radius 3 is 2.79 bits per heavy atom. The number of ether oxygens (including phenoxy) is 1. The predicted octanol–water partition coefficient (Wildman–Crippen LogP) is 3.91. The largest absolute Gasteiger partial charge is 0.379 e. The van der Waals surface area contributed by atoms with Crippen molar-refractivity contribution in [3.8, 4) is 0 Å². The minimum absolute atomic E-state index is 0.388. The number of halogens is 1. The average molecular weight is 507 g/mol. The standard InChI is InChI=1S/C20H23ClN8O2S2/c21-14-2-4-15(5-3-14)25-18(30)26-19-27-28-20(33-19)32-17-12-16(23-13-24-17)22-6-1-7-29-8-10-31-11-9-29/h2-5,12-13H,1,6-11H2,(H,22,23,24)(H2,25,26,27,30). The number of carbonyl (C=O) groups is 1. The molecular formula is C20H23ClN8O2S2. The van der Waals surface area contributed by atoms with Crippen LogP contribution >= 0.6 is 34.7 Å². The van der Waals surface area contributed by atoms with Gasteiger partial charge in [0.2, 0.25) is 5.13 Å². The molecule has 0 spiro atoms. The molecule has 3 N–H and O–H groups in total. The number of anilines is 3. The van der Waals surface area contributed by atoms with Crippen molar-refractivity contribution in [3.63, 3.8) is 0 Å². The third-order valence-electron chi connectivity index (χ3n) is 4.62. The molecule has 3 aromatic rings. The lowest BCUT2D eigenvalue weighted by atomic mass is 10.3. The van der Waals surface area contributed by atoms with Crippen LogP contribution in [0.25, 0.3) is 0 Å². The number of nitrogens with zero attached hydrogens (tertiary/aromatic N) is 5. The Morgan fingerprint density at radius 1 is 1.15 bits per heavy atom. The number of benzene rings is 1. The second-order valence-electron chi connectivity index (χ2n) is 7.04. The summed E-state index contributed by atoms with van der Waals surface area (Å²) in [6.07, 6.45) is 2.54. The van der Waals surface area contributed by atoms with E-state index < -0.39 is 6.03 Å². The molecule has 2 aromatic heterocycles. The zero-order chi connectivity index (χ0) is 22.9. The molecule has 1 aliphatic heterocycles. The molecule has 10 nitrogen and oxygen atoms in total. The molecule has 0 radical (unpaired) electrons. The van der Waals surface area contributed by atoms with Gasteiger partial charge in [0, 0.05) is 36.4 Å². The molecule has 1 aromatic carbocycles. The van der Waals surface area contributed by atoms with E-state index in [2.05, 4.69) is 41.0 Å². The maximum atomic E-state index is 12.1. The van der Waals surface area contributed by atoms with Crippen LogP contribution in [0.4, 0.5) is 21.4 Å². The third kappa shape index (κ3) is 7.79. The lowest BCUT2D eigenvalue weighted by Gasteiger charge is -2.26. The summed E-state index contributed by atoms with van der Waals surface area (Å²) in [5.41, 5.74) is 0.627. The van der Waals surface area contributed by atoms with Crippen molar-refractivity contribution in [2.45, 2.75) is 15.8 Å². The summed E-state index contributed by atoms with van der Waals surface area (Å²) in [5, 5.41) is 18.6. The van der Waals surface area contributed by atoms with Gasteiger partial charge in [0.1, 0.15) is 17.2 Å². The first-order valence-corrected chi connectivity index (χ1v) is 12.4. The van der Waals surface area contributed by atoms with E-state index in [-0.39, 0.29) is 0 Å². The van der Waals surface area contributed by atoms with Gasteiger partial charge in [-0.1, -0.05) is 22.9 Å². The van der Waals surface area contributed by atoms with Crippen LogP contribution in [0.1, 0.15) is 6.42 Å². The van der Waals surface area contributed by atoms with Gasteiger partial charge in [0.05, 0.1) is 13.2 Å². The van der Waals surface area contributed by atoms with Crippen molar-refractivity contribution in [2.24, 2.45) is 0 Å². The number of aromatic nitrogens is 4. The molecule has 1 saturated heterocycles. The first kappa shape index (κ1) is 23.6. The van der Waals surface area contributed by atoms with Gasteiger partial charge < -0.3 is 15.4 Å². The zero-order valence-electron chi connectivity index (χ0n) is 17.7. The summed E-state index contributed by atoms with van der Waals surface area (Å²) in [6.45, 7) is 5.49. The highest BCUT2D eigenvalue weighted by molar-refractivity contribution is 8.01. The van der Waals surface area contributed by atoms with Gasteiger partial charge in [-0.25, -0.2) is 14.8 Å². The van der Waals surface area contributed by atoms with Gasteiger partial charge in [-0.2, -0.15) is 0 Å². The van der Waals surface area contributed by atoms with Gasteiger partial charge in [-0.15, -0.1) is 10.2 Å². The van der Waals surface area contributed by atoms with Gasteiger partial charge in [-0.3, -0.25) is 10.2 Å². The molecule has 0 bridgehead atoms. The van der Waals surface area contributed by atoms with E-state index in [1.165, 1.54) is 29.4 Å². The molecule has 0 saturated carbocycles. The summed E-state index contributed by atoms with van der Waals surface area (Å²) < 4.78 is 6.03. The first-order valence-electron chi connectivity index (χ1n) is 10.3. The van der Waals surface area contributed by atoms with Crippen LogP contribution in [0.15, 0.2) is 46.0 Å². The number of hydrogen-bond donors (Lipinski definition) is 3. The quantitative estimate of drug-likeness (QED) is 0.225. The van der Waals surface area contributed by atoms with Crippen molar-refractivity contribution < 1.29 is 9.53 Å². The Balaban J connectivity index is 1.22. The van der Waals surface area contributed by atoms with Crippen LogP contribution in [0.2, 0.25) is 5.02 Å². The molecule has 2 amide bonds. The fourth-order valence-corrected chi connectivity index (χ4v) is 4.81. The smallest absolute Gasteiger partial charge is 0.325 e. The van der Waals surface area contributed by atoms with E-state index in [0.717, 1.165) is 56.7 Å². The molecule has 4 rings (SSSR count). The van der Waals surface area contributed by atoms with E-state index in [1.54, 1.807) is 24.3 Å². The number of nitrogens with one attached hydrogen (secondary N) is 3. The van der Waals surface area contributed by atoms with Crippen LogP contribution < -0.4 is 16.0 Å². The van der Waals surface area contributed by atoms with Crippen LogP contribution in [0.5, 0.6) is 0 Å². The highest BCUT2D eigenvalue weighted by atomic mass is 35.5. The molecule has 0 aliphatic carbocycles. The van der Waals surface area contributed by atoms with Crippen LogP contribution in [-0.2, 0) is 4.74 Å². The normalized spacial score (nSPS) is 14.1. The van der Waals surface area contributed by atoms with Gasteiger partial charge in [0.15, 0.2) is 4.34 Å². The van der Waals surface area contributed by atoms with Crippen molar-refractivity contribution >= 4 is 57.4 Å². The average Bonchev–Trinajstić information content (AvgIpc) is 3.25. The Kier molecular flexibility index (Phi) is 8.66. The number of morpholine rings is 1. The number of carbonyl (C=O) groups excluding carboxylic acids is 1. The molecule has 174 valence electrons. The number of amides is 2. The number of urea groups is 1. The van der Waals surface area contributed by atoms with Gasteiger partial charge in [0.25, 0.3) is 0 Å². The van der Waals surface area contributed by atoms with E-state index in [0.29, 0.717) is 20.2 Å². The molecule has 0 unspecified atom stereocenters. The van der Waals surface area contributed by atoms with E-state index in [1.807, 2.05) is 6.07 Å². The fraction of sp³-hybridized carbons (Fsp3) is 0.350. The number of hydrogen-bond acceptors (Lipinski definition) is 10. The van der Waals surface area contributed by atoms with Gasteiger partial charge in [-0.05, 0) is 49.0 Å². The highest BCUT2D eigenvalue weighted by Crippen LogP contribution is 2.31. The van der Waals surface area contributed by atoms with Crippen molar-refractivity contribution in [2.75, 3.05) is 55.3 Å². The second kappa shape index (κ2) is 12.1. The summed E-state index contributed by atoms with van der Waals surface area (Å²) in [5.74, 6) is 0.764. The Morgan fingerprint density at radius 2 is 1.97 bits per heavy atom. The summed E-state index contributed by atoms with van der Waals surface area (Å²) in [4.78, 5) is 23.1. The first-order chi connectivity index (χ1) is 16.1. The molecule has 0 atom stereocenters.